The average molecular weight is 639 g/mol. The number of fused-ring (bicyclic) bond motifs is 7. The summed E-state index contributed by atoms with van der Waals surface area (Å²) in [5, 5.41) is 8.09. The predicted octanol–water partition coefficient (Wildman–Crippen LogP) is 10.2. The van der Waals surface area contributed by atoms with Crippen molar-refractivity contribution in [1.82, 2.24) is 15.0 Å². The molecule has 0 radical (unpaired) electrons. The van der Waals surface area contributed by atoms with Crippen molar-refractivity contribution in [2.45, 2.75) is 0 Å². The van der Waals surface area contributed by atoms with Gasteiger partial charge in [0.2, 0.25) is 0 Å². The summed E-state index contributed by atoms with van der Waals surface area (Å²) in [6.07, 6.45) is 0. The Morgan fingerprint density at radius 1 is 0.333 bits per heavy atom. The van der Waals surface area contributed by atoms with Gasteiger partial charge in [0, 0.05) is 0 Å². The van der Waals surface area contributed by atoms with Crippen LogP contribution in [-0.2, 0) is 0 Å². The van der Waals surface area contributed by atoms with E-state index >= 15 is 0 Å². The summed E-state index contributed by atoms with van der Waals surface area (Å²) in [4.78, 5) is 14.7. The minimum absolute atomic E-state index is 0.187. The van der Waals surface area contributed by atoms with Gasteiger partial charge in [-0.3, -0.25) is 0 Å². The third kappa shape index (κ3) is 4.46. The van der Waals surface area contributed by atoms with Gasteiger partial charge in [-0.15, -0.1) is 0 Å². The molecule has 45 heavy (non-hydrogen) atoms. The number of hydrogen-bond donors (Lipinski definition) is 0. The molecule has 3 nitrogen and oxygen atoms in total. The van der Waals surface area contributed by atoms with Gasteiger partial charge in [-0.05, 0) is 0 Å². The monoisotopic (exact) mass is 639 g/mol. The van der Waals surface area contributed by atoms with Gasteiger partial charge in [-0.25, -0.2) is 0 Å². The second kappa shape index (κ2) is 10.6. The molecule has 9 rings (SSSR count). The average Bonchev–Trinajstić information content (AvgIpc) is 3.51. The molecule has 2 heterocycles. The number of hydrogen-bond acceptors (Lipinski definition) is 3. The molecule has 0 unspecified atom stereocenters. The van der Waals surface area contributed by atoms with E-state index < -0.39 is 0 Å². The summed E-state index contributed by atoms with van der Waals surface area (Å²) < 4.78 is 2.94. The third-order valence-electron chi connectivity index (χ3n) is 8.53. The predicted molar refractivity (Wildman–Crippen MR) is 189 cm³/mol. The van der Waals surface area contributed by atoms with Crippen molar-refractivity contribution in [3.8, 4) is 45.3 Å². The van der Waals surface area contributed by atoms with Crippen LogP contribution in [0.2, 0.25) is 0 Å². The summed E-state index contributed by atoms with van der Waals surface area (Å²) in [6, 6.07) is 53.6. The zero-order valence-electron chi connectivity index (χ0n) is 24.2. The molecule has 0 aliphatic carbocycles. The van der Waals surface area contributed by atoms with Crippen molar-refractivity contribution < 1.29 is 0 Å². The summed E-state index contributed by atoms with van der Waals surface area (Å²) >= 11 is 0.187. The van der Waals surface area contributed by atoms with Crippen LogP contribution in [-0.4, -0.2) is 29.5 Å². The summed E-state index contributed by atoms with van der Waals surface area (Å²) in [5.41, 5.74) is 5.41. The summed E-state index contributed by atoms with van der Waals surface area (Å²) in [5.74, 6) is 2.01. The summed E-state index contributed by atoms with van der Waals surface area (Å²) in [7, 11) is 0. The van der Waals surface area contributed by atoms with Gasteiger partial charge < -0.3 is 0 Å². The fourth-order valence-corrected chi connectivity index (χ4v) is 9.26. The van der Waals surface area contributed by atoms with E-state index in [1.54, 1.807) is 0 Å². The van der Waals surface area contributed by atoms with Crippen molar-refractivity contribution >= 4 is 55.3 Å². The van der Waals surface area contributed by atoms with Crippen molar-refractivity contribution in [2.24, 2.45) is 0 Å². The number of aromatic nitrogens is 3. The van der Waals surface area contributed by atoms with Gasteiger partial charge in [-0.2, -0.15) is 0 Å². The van der Waals surface area contributed by atoms with Crippen LogP contribution < -0.4 is 0 Å². The Morgan fingerprint density at radius 2 is 0.844 bits per heavy atom. The van der Waals surface area contributed by atoms with Crippen molar-refractivity contribution in [1.29, 1.82) is 0 Å². The van der Waals surface area contributed by atoms with E-state index in [4.69, 9.17) is 15.0 Å². The third-order valence-corrected chi connectivity index (χ3v) is 11.2. The van der Waals surface area contributed by atoms with Crippen molar-refractivity contribution in [3.05, 3.63) is 152 Å². The zero-order valence-corrected chi connectivity index (χ0v) is 25.9. The molecule has 0 bridgehead atoms. The van der Waals surface area contributed by atoms with Gasteiger partial charge >= 0.3 is 255 Å². The first kappa shape index (κ1) is 26.0. The van der Waals surface area contributed by atoms with Crippen LogP contribution in [0.15, 0.2) is 152 Å². The SMILES string of the molecule is c1ccc(-c2nc(-c3ccccc3)nc(-c3ccc(-c4cccc5c4[se]c4c5ccc5ccc6ccccc6c54)cc3)n2)cc1. The maximum atomic E-state index is 4.92. The second-order valence-corrected chi connectivity index (χ2v) is 13.4. The molecule has 0 aliphatic heterocycles. The molecular weight excluding hydrogens is 613 g/mol. The molecule has 0 aliphatic rings. The van der Waals surface area contributed by atoms with E-state index in [0.717, 1.165) is 16.7 Å². The number of benzene rings is 7. The van der Waals surface area contributed by atoms with E-state index in [1.165, 1.54) is 52.0 Å². The van der Waals surface area contributed by atoms with Crippen LogP contribution in [0.5, 0.6) is 0 Å². The molecule has 0 atom stereocenters. The molecule has 4 heteroatoms. The molecular formula is C41H25N3Se. The molecule has 0 saturated heterocycles. The van der Waals surface area contributed by atoms with Crippen LogP contribution >= 0.6 is 0 Å². The minimum atomic E-state index is 0.187. The normalized spacial score (nSPS) is 11.6. The van der Waals surface area contributed by atoms with Crippen LogP contribution in [0.3, 0.4) is 0 Å². The first-order chi connectivity index (χ1) is 22.3. The quantitative estimate of drug-likeness (QED) is 0.142. The molecule has 0 saturated carbocycles. The van der Waals surface area contributed by atoms with Gasteiger partial charge in [0.1, 0.15) is 0 Å². The molecule has 2 aromatic heterocycles. The van der Waals surface area contributed by atoms with Gasteiger partial charge in [0.05, 0.1) is 0 Å². The first-order valence-corrected chi connectivity index (χ1v) is 16.7. The Kier molecular flexibility index (Phi) is 6.15. The van der Waals surface area contributed by atoms with Crippen LogP contribution in [0.1, 0.15) is 0 Å². The Bertz CT molecular complexity index is 2460. The van der Waals surface area contributed by atoms with Crippen LogP contribution in [0, 0.1) is 0 Å². The molecule has 0 fully saturated rings. The Morgan fingerprint density at radius 3 is 1.53 bits per heavy atom. The Labute approximate surface area is 266 Å². The molecule has 0 N–H and O–H groups in total. The molecule has 210 valence electrons. The van der Waals surface area contributed by atoms with Gasteiger partial charge in [0.15, 0.2) is 0 Å². The Balaban J connectivity index is 1.18. The topological polar surface area (TPSA) is 38.7 Å². The molecule has 0 spiro atoms. The van der Waals surface area contributed by atoms with E-state index in [-0.39, 0.29) is 14.5 Å². The van der Waals surface area contributed by atoms with Gasteiger partial charge in [0.25, 0.3) is 0 Å². The second-order valence-electron chi connectivity index (χ2n) is 11.2. The van der Waals surface area contributed by atoms with Crippen molar-refractivity contribution in [2.75, 3.05) is 0 Å². The summed E-state index contributed by atoms with van der Waals surface area (Å²) in [6.45, 7) is 0. The molecule has 7 aromatic carbocycles. The van der Waals surface area contributed by atoms with E-state index in [1.807, 2.05) is 60.7 Å². The van der Waals surface area contributed by atoms with E-state index in [0.29, 0.717) is 17.5 Å². The number of rotatable bonds is 4. The Hall–Kier alpha value is -5.41. The fraction of sp³-hybridized carbons (Fsp3) is 0. The maximum absolute atomic E-state index is 4.92. The van der Waals surface area contributed by atoms with Crippen molar-refractivity contribution in [3.63, 3.8) is 0 Å². The number of nitrogens with zero attached hydrogens (tertiary/aromatic N) is 3. The van der Waals surface area contributed by atoms with Crippen LogP contribution in [0.25, 0.3) is 86.1 Å². The molecule has 9 aromatic rings. The van der Waals surface area contributed by atoms with Crippen LogP contribution in [0.4, 0.5) is 0 Å². The first-order valence-electron chi connectivity index (χ1n) is 15.0. The zero-order chi connectivity index (χ0) is 29.7. The van der Waals surface area contributed by atoms with E-state index in [2.05, 4.69) is 91.0 Å². The van der Waals surface area contributed by atoms with E-state index in [9.17, 15) is 0 Å². The molecule has 0 amide bonds. The fourth-order valence-electron chi connectivity index (χ4n) is 6.31. The van der Waals surface area contributed by atoms with Gasteiger partial charge in [-0.1, -0.05) is 12.1 Å². The standard InChI is InChI=1S/C41H25N3Se/c1-3-11-29(12-4-1)39-42-40(30-13-5-2-6-14-30)44-41(43-39)31-22-19-27(20-23-31)33-16-9-17-34-35-25-24-28-21-18-26-10-7-8-15-32(26)36(28)38(35)45-37(33)34/h1-25H.